The Morgan fingerprint density at radius 3 is 2.65 bits per heavy atom. The van der Waals surface area contributed by atoms with Crippen molar-refractivity contribution in [3.05, 3.63) is 53.7 Å². The molecule has 0 bridgehead atoms. The summed E-state index contributed by atoms with van der Waals surface area (Å²) in [7, 11) is 0. The van der Waals surface area contributed by atoms with Crippen molar-refractivity contribution in [1.29, 1.82) is 0 Å². The van der Waals surface area contributed by atoms with E-state index in [9.17, 15) is 14.0 Å². The van der Waals surface area contributed by atoms with Crippen molar-refractivity contribution in [2.24, 2.45) is 5.73 Å². The van der Waals surface area contributed by atoms with Crippen molar-refractivity contribution in [1.82, 2.24) is 9.97 Å². The standard InChI is InChI=1S/C13H10FN3O3/c14-9(6-8-4-2-1-3-5-8)13(19)20-12-10(11(15)18)16-7-17-12/h1-7H,(H2,15,18)(H,16,17)/b9-6-. The number of aromatic nitrogens is 2. The van der Waals surface area contributed by atoms with Gasteiger partial charge in [-0.05, 0) is 11.6 Å². The van der Waals surface area contributed by atoms with Crippen LogP contribution in [0, 0.1) is 0 Å². The SMILES string of the molecule is NC(=O)c1[nH]cnc1OC(=O)/C(F)=C/c1ccccc1. The summed E-state index contributed by atoms with van der Waals surface area (Å²) < 4.78 is 18.3. The summed E-state index contributed by atoms with van der Waals surface area (Å²) in [6.07, 6.45) is 2.13. The van der Waals surface area contributed by atoms with Crippen molar-refractivity contribution in [3.8, 4) is 5.88 Å². The summed E-state index contributed by atoms with van der Waals surface area (Å²) in [5.74, 6) is -3.60. The van der Waals surface area contributed by atoms with Gasteiger partial charge in [-0.3, -0.25) is 4.79 Å². The lowest BCUT2D eigenvalue weighted by Crippen LogP contribution is -2.16. The Morgan fingerprint density at radius 2 is 2.00 bits per heavy atom. The molecule has 1 aromatic carbocycles. The van der Waals surface area contributed by atoms with E-state index in [0.717, 1.165) is 12.4 Å². The molecule has 0 atom stereocenters. The van der Waals surface area contributed by atoms with Gasteiger partial charge in [-0.15, -0.1) is 0 Å². The van der Waals surface area contributed by atoms with Gasteiger partial charge in [-0.25, -0.2) is 9.78 Å². The fourth-order valence-electron chi connectivity index (χ4n) is 1.43. The van der Waals surface area contributed by atoms with Gasteiger partial charge in [0.1, 0.15) is 0 Å². The number of hydrogen-bond acceptors (Lipinski definition) is 4. The molecule has 0 saturated carbocycles. The second kappa shape index (κ2) is 5.79. The molecule has 1 aromatic heterocycles. The molecule has 2 rings (SSSR count). The van der Waals surface area contributed by atoms with Crippen LogP contribution in [0.4, 0.5) is 4.39 Å². The molecule has 7 heteroatoms. The van der Waals surface area contributed by atoms with E-state index in [-0.39, 0.29) is 11.6 Å². The lowest BCUT2D eigenvalue weighted by Gasteiger charge is -2.00. The van der Waals surface area contributed by atoms with Crippen molar-refractivity contribution < 1.29 is 18.7 Å². The average molecular weight is 275 g/mol. The fourth-order valence-corrected chi connectivity index (χ4v) is 1.43. The molecule has 0 radical (unpaired) electrons. The molecule has 6 nitrogen and oxygen atoms in total. The average Bonchev–Trinajstić information content (AvgIpc) is 2.88. The number of carbonyl (C=O) groups is 2. The molecule has 3 N–H and O–H groups in total. The third-order valence-electron chi connectivity index (χ3n) is 2.33. The summed E-state index contributed by atoms with van der Waals surface area (Å²) in [6, 6.07) is 8.40. The number of ether oxygens (including phenoxy) is 1. The van der Waals surface area contributed by atoms with Crippen LogP contribution in [-0.4, -0.2) is 21.8 Å². The lowest BCUT2D eigenvalue weighted by atomic mass is 10.2. The summed E-state index contributed by atoms with van der Waals surface area (Å²) in [4.78, 5) is 28.5. The van der Waals surface area contributed by atoms with Crippen LogP contribution >= 0.6 is 0 Å². The van der Waals surface area contributed by atoms with Crippen molar-refractivity contribution in [3.63, 3.8) is 0 Å². The third kappa shape index (κ3) is 3.08. The number of H-pyrrole nitrogens is 1. The largest absolute Gasteiger partial charge is 0.400 e. The molecule has 0 saturated heterocycles. The highest BCUT2D eigenvalue weighted by Crippen LogP contribution is 2.15. The number of aromatic amines is 1. The van der Waals surface area contributed by atoms with E-state index in [1.165, 1.54) is 0 Å². The molecule has 1 amide bonds. The number of imidazole rings is 1. The van der Waals surface area contributed by atoms with E-state index >= 15 is 0 Å². The van der Waals surface area contributed by atoms with Gasteiger partial charge in [0.2, 0.25) is 5.83 Å². The van der Waals surface area contributed by atoms with Crippen molar-refractivity contribution in [2.75, 3.05) is 0 Å². The van der Waals surface area contributed by atoms with Crippen LogP contribution in [0.2, 0.25) is 0 Å². The topological polar surface area (TPSA) is 98.1 Å². The highest BCUT2D eigenvalue weighted by atomic mass is 19.1. The van der Waals surface area contributed by atoms with Crippen LogP contribution < -0.4 is 10.5 Å². The Morgan fingerprint density at radius 1 is 1.30 bits per heavy atom. The zero-order valence-corrected chi connectivity index (χ0v) is 10.2. The molecular formula is C13H10FN3O3. The van der Waals surface area contributed by atoms with Crippen LogP contribution in [0.3, 0.4) is 0 Å². The molecule has 20 heavy (non-hydrogen) atoms. The number of rotatable bonds is 4. The first-order chi connectivity index (χ1) is 9.58. The van der Waals surface area contributed by atoms with E-state index < -0.39 is 17.7 Å². The predicted molar refractivity (Wildman–Crippen MR) is 68.3 cm³/mol. The summed E-state index contributed by atoms with van der Waals surface area (Å²) >= 11 is 0. The summed E-state index contributed by atoms with van der Waals surface area (Å²) in [6.45, 7) is 0. The molecule has 2 aromatic rings. The monoisotopic (exact) mass is 275 g/mol. The lowest BCUT2D eigenvalue weighted by molar-refractivity contribution is -0.131. The maximum absolute atomic E-state index is 13.6. The molecule has 0 unspecified atom stereocenters. The van der Waals surface area contributed by atoms with Crippen LogP contribution in [0.25, 0.3) is 6.08 Å². The first-order valence-electron chi connectivity index (χ1n) is 5.55. The number of carbonyl (C=O) groups excluding carboxylic acids is 2. The van der Waals surface area contributed by atoms with Crippen molar-refractivity contribution in [2.45, 2.75) is 0 Å². The number of nitrogens with one attached hydrogen (secondary N) is 1. The van der Waals surface area contributed by atoms with E-state index in [1.807, 2.05) is 0 Å². The number of hydrogen-bond donors (Lipinski definition) is 2. The summed E-state index contributed by atoms with van der Waals surface area (Å²) in [5.41, 5.74) is 5.32. The highest BCUT2D eigenvalue weighted by molar-refractivity contribution is 5.96. The third-order valence-corrected chi connectivity index (χ3v) is 2.33. The van der Waals surface area contributed by atoms with E-state index in [4.69, 9.17) is 5.73 Å². The van der Waals surface area contributed by atoms with Crippen LogP contribution in [0.1, 0.15) is 16.1 Å². The Hall–Kier alpha value is -2.96. The second-order valence-electron chi connectivity index (χ2n) is 3.74. The second-order valence-corrected chi connectivity index (χ2v) is 3.74. The van der Waals surface area contributed by atoms with Crippen LogP contribution in [0.5, 0.6) is 5.88 Å². The minimum atomic E-state index is -1.26. The minimum Gasteiger partial charge on any atom is -0.400 e. The Bertz CT molecular complexity index is 665. The number of benzene rings is 1. The van der Waals surface area contributed by atoms with Crippen LogP contribution in [-0.2, 0) is 4.79 Å². The Labute approximate surface area is 113 Å². The quantitative estimate of drug-likeness (QED) is 0.651. The maximum Gasteiger partial charge on any atom is 0.374 e. The van der Waals surface area contributed by atoms with Gasteiger partial charge in [0.25, 0.3) is 11.8 Å². The Kier molecular flexibility index (Phi) is 3.90. The van der Waals surface area contributed by atoms with E-state index in [1.54, 1.807) is 30.3 Å². The zero-order valence-electron chi connectivity index (χ0n) is 10.2. The van der Waals surface area contributed by atoms with Gasteiger partial charge in [-0.1, -0.05) is 30.3 Å². The van der Waals surface area contributed by atoms with Gasteiger partial charge in [-0.2, -0.15) is 4.39 Å². The minimum absolute atomic E-state index is 0.203. The van der Waals surface area contributed by atoms with Gasteiger partial charge in [0.15, 0.2) is 5.69 Å². The smallest absolute Gasteiger partial charge is 0.374 e. The fraction of sp³-hybridized carbons (Fsp3) is 0. The molecule has 102 valence electrons. The van der Waals surface area contributed by atoms with Crippen molar-refractivity contribution >= 4 is 18.0 Å². The highest BCUT2D eigenvalue weighted by Gasteiger charge is 2.18. The summed E-state index contributed by atoms with van der Waals surface area (Å²) in [5, 5.41) is 0. The zero-order chi connectivity index (χ0) is 14.5. The predicted octanol–water partition coefficient (Wildman–Crippen LogP) is 1.42. The molecule has 1 heterocycles. The maximum atomic E-state index is 13.6. The van der Waals surface area contributed by atoms with Gasteiger partial charge < -0.3 is 15.5 Å². The van der Waals surface area contributed by atoms with Gasteiger partial charge in [0, 0.05) is 0 Å². The molecule has 0 fully saturated rings. The number of esters is 1. The first kappa shape index (κ1) is 13.5. The normalized spacial score (nSPS) is 11.2. The van der Waals surface area contributed by atoms with E-state index in [0.29, 0.717) is 5.56 Å². The molecule has 0 aliphatic carbocycles. The number of primary amides is 1. The molecule has 0 aliphatic heterocycles. The Balaban J connectivity index is 2.14. The van der Waals surface area contributed by atoms with Crippen LogP contribution in [0.15, 0.2) is 42.5 Å². The number of amides is 1. The van der Waals surface area contributed by atoms with Gasteiger partial charge in [0.05, 0.1) is 6.33 Å². The first-order valence-corrected chi connectivity index (χ1v) is 5.55. The molecular weight excluding hydrogens is 265 g/mol. The van der Waals surface area contributed by atoms with Gasteiger partial charge >= 0.3 is 5.97 Å². The number of nitrogens with zero attached hydrogens (tertiary/aromatic N) is 1. The molecule has 0 spiro atoms. The van der Waals surface area contributed by atoms with E-state index in [2.05, 4.69) is 14.7 Å². The number of nitrogens with two attached hydrogens (primary N) is 1. The number of halogens is 1. The molecule has 0 aliphatic rings.